The molecule has 0 saturated heterocycles. The number of methoxy groups -OCH3 is 1. The number of nitrogens with zero attached hydrogens (tertiary/aromatic N) is 2. The minimum absolute atomic E-state index is 0.0749. The molecule has 3 rings (SSSR count). The van der Waals surface area contributed by atoms with E-state index in [1.165, 1.54) is 7.11 Å². The molecule has 0 spiro atoms. The molecule has 1 aromatic heterocycles. The minimum atomic E-state index is -4.72. The lowest BCUT2D eigenvalue weighted by molar-refractivity contribution is -0.145. The lowest BCUT2D eigenvalue weighted by Gasteiger charge is -2.28. The van der Waals surface area contributed by atoms with E-state index in [4.69, 9.17) is 16.3 Å². The molecule has 0 atom stereocenters. The first kappa shape index (κ1) is 18.5. The quantitative estimate of drug-likeness (QED) is 0.844. The number of phenols is 1. The number of phenolic OH excluding ortho intramolecular Hbond substituents is 1. The van der Waals surface area contributed by atoms with E-state index in [-0.39, 0.29) is 47.3 Å². The third-order valence-corrected chi connectivity index (χ3v) is 4.62. The van der Waals surface area contributed by atoms with Crippen molar-refractivity contribution in [3.8, 4) is 11.5 Å². The van der Waals surface area contributed by atoms with Crippen LogP contribution in [0.5, 0.6) is 11.5 Å². The maximum atomic E-state index is 12.8. The third-order valence-electron chi connectivity index (χ3n) is 4.19. The molecule has 0 unspecified atom stereocenters. The molecule has 26 heavy (non-hydrogen) atoms. The number of hydrogen-bond acceptors (Lipinski definition) is 5. The fourth-order valence-electron chi connectivity index (χ4n) is 2.88. The van der Waals surface area contributed by atoms with E-state index in [2.05, 4.69) is 4.98 Å². The van der Waals surface area contributed by atoms with Crippen LogP contribution in [0.1, 0.15) is 22.6 Å². The highest BCUT2D eigenvalue weighted by Gasteiger charge is 2.36. The molecule has 2 heterocycles. The number of alkyl halides is 3. The van der Waals surface area contributed by atoms with Gasteiger partial charge in [-0.2, -0.15) is 13.2 Å². The fraction of sp³-hybridized carbons (Fsp3) is 0.375. The van der Waals surface area contributed by atoms with Gasteiger partial charge in [0.1, 0.15) is 0 Å². The predicted molar refractivity (Wildman–Crippen MR) is 87.3 cm³/mol. The Hall–Kier alpha value is -2.26. The molecule has 0 fully saturated rings. The topological polar surface area (TPSA) is 78.5 Å². The van der Waals surface area contributed by atoms with E-state index in [0.717, 1.165) is 0 Å². The van der Waals surface area contributed by atoms with Gasteiger partial charge in [0.2, 0.25) is 5.82 Å². The molecule has 0 radical (unpaired) electrons. The van der Waals surface area contributed by atoms with E-state index in [0.29, 0.717) is 12.1 Å². The van der Waals surface area contributed by atoms with Gasteiger partial charge in [0.25, 0.3) is 5.56 Å². The number of fused-ring (bicyclic) bond motifs is 1. The summed E-state index contributed by atoms with van der Waals surface area (Å²) in [4.78, 5) is 19.1. The number of aromatic hydroxyl groups is 1. The summed E-state index contributed by atoms with van der Waals surface area (Å²) < 4.78 is 43.5. The van der Waals surface area contributed by atoms with Crippen molar-refractivity contribution in [1.29, 1.82) is 0 Å². The Morgan fingerprint density at radius 3 is 2.81 bits per heavy atom. The van der Waals surface area contributed by atoms with Crippen molar-refractivity contribution in [2.45, 2.75) is 25.7 Å². The molecule has 6 nitrogen and oxygen atoms in total. The van der Waals surface area contributed by atoms with E-state index in [1.807, 2.05) is 4.90 Å². The second-order valence-corrected chi connectivity index (χ2v) is 6.27. The molecule has 0 bridgehead atoms. The Labute approximate surface area is 151 Å². The number of benzene rings is 1. The van der Waals surface area contributed by atoms with Gasteiger partial charge in [0, 0.05) is 25.2 Å². The van der Waals surface area contributed by atoms with Gasteiger partial charge in [-0.15, -0.1) is 0 Å². The highest BCUT2D eigenvalue weighted by atomic mass is 35.5. The molecule has 1 aromatic carbocycles. The second kappa shape index (κ2) is 6.81. The van der Waals surface area contributed by atoms with E-state index in [9.17, 15) is 23.1 Å². The van der Waals surface area contributed by atoms with E-state index < -0.39 is 17.6 Å². The van der Waals surface area contributed by atoms with Crippen molar-refractivity contribution >= 4 is 11.6 Å². The smallest absolute Gasteiger partial charge is 0.449 e. The van der Waals surface area contributed by atoms with Crippen LogP contribution in [0, 0.1) is 0 Å². The van der Waals surface area contributed by atoms with Crippen molar-refractivity contribution in [3.63, 3.8) is 0 Å². The van der Waals surface area contributed by atoms with Gasteiger partial charge < -0.3 is 14.8 Å². The number of halogens is 4. The number of hydrogen-bond donors (Lipinski definition) is 2. The van der Waals surface area contributed by atoms with Crippen LogP contribution in [0.3, 0.4) is 0 Å². The zero-order valence-corrected chi connectivity index (χ0v) is 14.4. The number of ether oxygens (including phenoxy) is 1. The van der Waals surface area contributed by atoms with Crippen LogP contribution in [0.2, 0.25) is 5.02 Å². The molecule has 0 aliphatic carbocycles. The Kier molecular flexibility index (Phi) is 4.85. The predicted octanol–water partition coefficient (Wildman–Crippen LogP) is 2.71. The van der Waals surface area contributed by atoms with E-state index >= 15 is 0 Å². The molecule has 2 N–H and O–H groups in total. The number of nitrogens with one attached hydrogen (secondary N) is 1. The lowest BCUT2D eigenvalue weighted by atomic mass is 10.1. The molecular weight excluding hydrogens is 375 g/mol. The molecule has 0 saturated carbocycles. The average Bonchev–Trinajstić information content (AvgIpc) is 2.58. The van der Waals surface area contributed by atoms with Crippen molar-refractivity contribution < 1.29 is 23.0 Å². The molecule has 0 amide bonds. The van der Waals surface area contributed by atoms with Gasteiger partial charge >= 0.3 is 6.18 Å². The monoisotopic (exact) mass is 389 g/mol. The molecule has 2 aromatic rings. The summed E-state index contributed by atoms with van der Waals surface area (Å²) in [6.45, 7) is 0.809. The summed E-state index contributed by atoms with van der Waals surface area (Å²) >= 11 is 6.13. The van der Waals surface area contributed by atoms with Crippen LogP contribution in [0.15, 0.2) is 16.9 Å². The van der Waals surface area contributed by atoms with Gasteiger partial charge in [-0.25, -0.2) is 4.98 Å². The summed E-state index contributed by atoms with van der Waals surface area (Å²) in [6.07, 6.45) is -4.45. The summed E-state index contributed by atoms with van der Waals surface area (Å²) in [5, 5.41) is 10.1. The van der Waals surface area contributed by atoms with Crippen LogP contribution in [0.25, 0.3) is 0 Å². The summed E-state index contributed by atoms with van der Waals surface area (Å²) in [7, 11) is 1.40. The largest absolute Gasteiger partial charge is 0.503 e. The lowest BCUT2D eigenvalue weighted by Crippen LogP contribution is -2.36. The van der Waals surface area contributed by atoms with Crippen molar-refractivity contribution in [3.05, 3.63) is 50.2 Å². The molecule has 140 valence electrons. The number of H-pyrrole nitrogens is 1. The SMILES string of the molecule is COc1ccc(CN2CCc3c(nc(C(F)(F)F)[nH]c3=O)C2)c(Cl)c1O. The highest BCUT2D eigenvalue weighted by Crippen LogP contribution is 2.37. The summed E-state index contributed by atoms with van der Waals surface area (Å²) in [5.41, 5.74) is 0.190. The molecular formula is C16H15ClF3N3O3. The van der Waals surface area contributed by atoms with Gasteiger partial charge in [0.15, 0.2) is 11.5 Å². The molecule has 10 heteroatoms. The highest BCUT2D eigenvalue weighted by molar-refractivity contribution is 6.33. The Morgan fingerprint density at radius 2 is 2.15 bits per heavy atom. The first-order valence-corrected chi connectivity index (χ1v) is 8.04. The first-order valence-electron chi connectivity index (χ1n) is 7.66. The van der Waals surface area contributed by atoms with Crippen molar-refractivity contribution in [1.82, 2.24) is 14.9 Å². The third kappa shape index (κ3) is 3.49. The second-order valence-electron chi connectivity index (χ2n) is 5.89. The number of aromatic amines is 1. The Balaban J connectivity index is 1.86. The summed E-state index contributed by atoms with van der Waals surface area (Å²) in [5.74, 6) is -1.27. The van der Waals surface area contributed by atoms with Crippen LogP contribution < -0.4 is 10.3 Å². The van der Waals surface area contributed by atoms with Crippen LogP contribution in [-0.2, 0) is 25.7 Å². The standard InChI is InChI=1S/C16H15ClF3N3O3/c1-26-11-3-2-8(12(17)13(11)24)6-23-5-4-9-10(7-23)21-15(16(18,19)20)22-14(9)25/h2-3,24H,4-7H2,1H3,(H,21,22,25). The zero-order valence-electron chi connectivity index (χ0n) is 13.7. The maximum absolute atomic E-state index is 12.8. The Morgan fingerprint density at radius 1 is 1.42 bits per heavy atom. The number of aromatic nitrogens is 2. The molecule has 1 aliphatic heterocycles. The molecule has 1 aliphatic rings. The average molecular weight is 390 g/mol. The normalized spacial score (nSPS) is 15.0. The minimum Gasteiger partial charge on any atom is -0.503 e. The van der Waals surface area contributed by atoms with Gasteiger partial charge in [-0.1, -0.05) is 17.7 Å². The van der Waals surface area contributed by atoms with Gasteiger partial charge in [0.05, 0.1) is 17.8 Å². The van der Waals surface area contributed by atoms with Crippen LogP contribution >= 0.6 is 11.6 Å². The first-order chi connectivity index (χ1) is 12.2. The Bertz CT molecular complexity index is 899. The van der Waals surface area contributed by atoms with Gasteiger partial charge in [-0.05, 0) is 18.1 Å². The summed E-state index contributed by atoms with van der Waals surface area (Å²) in [6, 6.07) is 3.22. The van der Waals surface area contributed by atoms with Crippen molar-refractivity contribution in [2.75, 3.05) is 13.7 Å². The van der Waals surface area contributed by atoms with Crippen LogP contribution in [0.4, 0.5) is 13.2 Å². The fourth-order valence-corrected chi connectivity index (χ4v) is 3.10. The maximum Gasteiger partial charge on any atom is 0.449 e. The number of rotatable bonds is 3. The van der Waals surface area contributed by atoms with Crippen LogP contribution in [-0.4, -0.2) is 33.6 Å². The van der Waals surface area contributed by atoms with Crippen molar-refractivity contribution in [2.24, 2.45) is 0 Å². The van der Waals surface area contributed by atoms with E-state index in [1.54, 1.807) is 17.1 Å². The zero-order chi connectivity index (χ0) is 19.1. The van der Waals surface area contributed by atoms with Gasteiger partial charge in [-0.3, -0.25) is 9.69 Å².